The Labute approximate surface area is 207 Å². The third-order valence-corrected chi connectivity index (χ3v) is 5.93. The smallest absolute Gasteiger partial charge is 0.194 e. The largest absolute Gasteiger partial charge is 0.504 e. The zero-order valence-corrected chi connectivity index (χ0v) is 21.1. The summed E-state index contributed by atoms with van der Waals surface area (Å²) in [7, 11) is 1.55. The molecule has 0 saturated carbocycles. The van der Waals surface area contributed by atoms with Crippen LogP contribution in [-0.4, -0.2) is 72.9 Å². The number of rotatable bonds is 6. The number of nitrogens with zero attached hydrogens (tertiary/aromatic N) is 3. The number of halogens is 1. The molecular weight excluding hydrogens is 519 g/mol. The Morgan fingerprint density at radius 1 is 1.19 bits per heavy atom. The number of ether oxygens (including phenoxy) is 2. The van der Waals surface area contributed by atoms with Gasteiger partial charge in [0.1, 0.15) is 0 Å². The number of phenolic OH excluding ortho intramolecular Hbond substituents is 1. The van der Waals surface area contributed by atoms with Gasteiger partial charge in [-0.3, -0.25) is 4.90 Å². The molecule has 2 atom stereocenters. The first-order valence-corrected chi connectivity index (χ1v) is 11.0. The Morgan fingerprint density at radius 2 is 2.00 bits per heavy atom. The van der Waals surface area contributed by atoms with Crippen molar-refractivity contribution in [1.29, 1.82) is 0 Å². The molecule has 0 radical (unpaired) electrons. The van der Waals surface area contributed by atoms with Crippen molar-refractivity contribution < 1.29 is 14.6 Å². The third kappa shape index (κ3) is 5.85. The summed E-state index contributed by atoms with van der Waals surface area (Å²) >= 11 is 0. The highest BCUT2D eigenvalue weighted by Crippen LogP contribution is 2.27. The SMILES string of the molecule is CCNC(=NCc1ccc(OC)c(O)c1)N1CC2OCCN(Cc3ccccc3)C2C1.I. The third-order valence-electron chi connectivity index (χ3n) is 5.93. The summed E-state index contributed by atoms with van der Waals surface area (Å²) in [6, 6.07) is 16.4. The summed E-state index contributed by atoms with van der Waals surface area (Å²) in [6.07, 6.45) is 0.186. The number of morpholine rings is 1. The number of benzene rings is 2. The molecule has 2 unspecified atom stereocenters. The van der Waals surface area contributed by atoms with Gasteiger partial charge < -0.3 is 24.8 Å². The summed E-state index contributed by atoms with van der Waals surface area (Å²) in [5.41, 5.74) is 2.27. The molecule has 0 aliphatic carbocycles. The van der Waals surface area contributed by atoms with E-state index in [1.165, 1.54) is 5.56 Å². The number of nitrogens with one attached hydrogen (secondary N) is 1. The summed E-state index contributed by atoms with van der Waals surface area (Å²) < 4.78 is 11.2. The van der Waals surface area contributed by atoms with Gasteiger partial charge in [-0.15, -0.1) is 24.0 Å². The molecule has 4 rings (SSSR count). The number of hydrogen-bond acceptors (Lipinski definition) is 5. The van der Waals surface area contributed by atoms with E-state index in [2.05, 4.69) is 52.4 Å². The second kappa shape index (κ2) is 11.7. The number of methoxy groups -OCH3 is 1. The number of likely N-dealkylation sites (tertiary alicyclic amines) is 1. The van der Waals surface area contributed by atoms with Crippen LogP contribution in [0.2, 0.25) is 0 Å². The van der Waals surface area contributed by atoms with Gasteiger partial charge in [-0.2, -0.15) is 0 Å². The van der Waals surface area contributed by atoms with Crippen molar-refractivity contribution in [2.75, 3.05) is 39.9 Å². The predicted molar refractivity (Wildman–Crippen MR) is 137 cm³/mol. The molecule has 32 heavy (non-hydrogen) atoms. The number of phenols is 1. The maximum Gasteiger partial charge on any atom is 0.194 e. The van der Waals surface area contributed by atoms with Crippen LogP contribution >= 0.6 is 24.0 Å². The van der Waals surface area contributed by atoms with Crippen LogP contribution in [0.25, 0.3) is 0 Å². The number of aromatic hydroxyl groups is 1. The zero-order chi connectivity index (χ0) is 21.6. The van der Waals surface area contributed by atoms with E-state index in [1.807, 2.05) is 6.07 Å². The highest BCUT2D eigenvalue weighted by Gasteiger charge is 2.41. The van der Waals surface area contributed by atoms with E-state index in [0.29, 0.717) is 18.3 Å². The Balaban J connectivity index is 0.00000289. The Morgan fingerprint density at radius 3 is 2.72 bits per heavy atom. The van der Waals surface area contributed by atoms with Crippen molar-refractivity contribution in [3.63, 3.8) is 0 Å². The molecule has 2 N–H and O–H groups in total. The van der Waals surface area contributed by atoms with Gasteiger partial charge >= 0.3 is 0 Å². The summed E-state index contributed by atoms with van der Waals surface area (Å²) in [6.45, 7) is 7.73. The normalized spacial score (nSPS) is 21.1. The zero-order valence-electron chi connectivity index (χ0n) is 18.7. The molecule has 2 fully saturated rings. The Bertz CT molecular complexity index is 896. The van der Waals surface area contributed by atoms with Crippen molar-refractivity contribution in [3.05, 3.63) is 59.7 Å². The van der Waals surface area contributed by atoms with Gasteiger partial charge in [0, 0.05) is 32.7 Å². The minimum atomic E-state index is 0. The first-order valence-electron chi connectivity index (χ1n) is 11.0. The van der Waals surface area contributed by atoms with Gasteiger partial charge in [-0.1, -0.05) is 36.4 Å². The lowest BCUT2D eigenvalue weighted by Crippen LogP contribution is -2.50. The van der Waals surface area contributed by atoms with Gasteiger partial charge in [0.15, 0.2) is 17.5 Å². The van der Waals surface area contributed by atoms with Gasteiger partial charge in [0.05, 0.1) is 32.4 Å². The summed E-state index contributed by atoms with van der Waals surface area (Å²) in [5.74, 6) is 1.49. The topological polar surface area (TPSA) is 69.6 Å². The highest BCUT2D eigenvalue weighted by atomic mass is 127. The number of hydrogen-bond donors (Lipinski definition) is 2. The van der Waals surface area contributed by atoms with E-state index >= 15 is 0 Å². The Hall–Kier alpha value is -2.04. The standard InChI is InChI=1S/C24H32N4O3.HI/c1-3-25-24(26-14-19-9-10-22(30-2)21(29)13-19)28-16-20-23(17-28)31-12-11-27(20)15-18-7-5-4-6-8-18;/h4-10,13,20,23,29H,3,11-12,14-17H2,1-2H3,(H,25,26);1H. The number of guanidine groups is 1. The van der Waals surface area contributed by atoms with E-state index in [9.17, 15) is 5.11 Å². The molecule has 0 bridgehead atoms. The molecule has 0 amide bonds. The van der Waals surface area contributed by atoms with Crippen LogP contribution in [0, 0.1) is 0 Å². The first-order chi connectivity index (χ1) is 15.2. The number of aliphatic imine (C=N–C) groups is 1. The monoisotopic (exact) mass is 552 g/mol. The average Bonchev–Trinajstić information content (AvgIpc) is 3.23. The maximum atomic E-state index is 10.0. The fraction of sp³-hybridized carbons (Fsp3) is 0.458. The van der Waals surface area contributed by atoms with Gasteiger partial charge in [-0.25, -0.2) is 4.99 Å². The van der Waals surface area contributed by atoms with Crippen LogP contribution in [0.3, 0.4) is 0 Å². The molecule has 174 valence electrons. The van der Waals surface area contributed by atoms with Crippen molar-refractivity contribution in [2.24, 2.45) is 4.99 Å². The van der Waals surface area contributed by atoms with Gasteiger partial charge in [0.25, 0.3) is 0 Å². The summed E-state index contributed by atoms with van der Waals surface area (Å²) in [4.78, 5) is 9.67. The van der Waals surface area contributed by atoms with E-state index in [1.54, 1.807) is 19.2 Å². The fourth-order valence-corrected chi connectivity index (χ4v) is 4.37. The van der Waals surface area contributed by atoms with Crippen molar-refractivity contribution in [3.8, 4) is 11.5 Å². The lowest BCUT2D eigenvalue weighted by atomic mass is 10.1. The molecule has 2 aliphatic heterocycles. The first kappa shape index (κ1) is 24.6. The molecule has 2 aromatic carbocycles. The van der Waals surface area contributed by atoms with Crippen LogP contribution in [0.15, 0.2) is 53.5 Å². The molecule has 2 saturated heterocycles. The molecule has 8 heteroatoms. The van der Waals surface area contributed by atoms with Crippen molar-refractivity contribution >= 4 is 29.9 Å². The summed E-state index contributed by atoms with van der Waals surface area (Å²) in [5, 5.41) is 13.5. The lowest BCUT2D eigenvalue weighted by molar-refractivity contribution is -0.0502. The highest BCUT2D eigenvalue weighted by molar-refractivity contribution is 14.0. The number of fused-ring (bicyclic) bond motifs is 1. The van der Waals surface area contributed by atoms with Crippen LogP contribution < -0.4 is 10.1 Å². The molecule has 2 aromatic rings. The molecule has 2 heterocycles. The van der Waals surface area contributed by atoms with Crippen molar-refractivity contribution in [2.45, 2.75) is 32.2 Å². The molecular formula is C24H33IN4O3. The van der Waals surface area contributed by atoms with Crippen molar-refractivity contribution in [1.82, 2.24) is 15.1 Å². The van der Waals surface area contributed by atoms with E-state index in [-0.39, 0.29) is 35.8 Å². The predicted octanol–water partition coefficient (Wildman–Crippen LogP) is 3.07. The van der Waals surface area contributed by atoms with E-state index in [4.69, 9.17) is 14.5 Å². The van der Waals surface area contributed by atoms with Crippen LogP contribution in [0.4, 0.5) is 0 Å². The van der Waals surface area contributed by atoms with Gasteiger partial charge in [0.2, 0.25) is 0 Å². The van der Waals surface area contributed by atoms with E-state index < -0.39 is 0 Å². The average molecular weight is 552 g/mol. The quantitative estimate of drug-likeness (QED) is 0.326. The Kier molecular flexibility index (Phi) is 9.01. The molecule has 0 aromatic heterocycles. The van der Waals surface area contributed by atoms with Crippen LogP contribution in [-0.2, 0) is 17.8 Å². The van der Waals surface area contributed by atoms with Gasteiger partial charge in [-0.05, 0) is 30.2 Å². The molecule has 7 nitrogen and oxygen atoms in total. The second-order valence-electron chi connectivity index (χ2n) is 8.01. The van der Waals surface area contributed by atoms with Crippen LogP contribution in [0.1, 0.15) is 18.1 Å². The molecule has 0 spiro atoms. The van der Waals surface area contributed by atoms with Crippen LogP contribution in [0.5, 0.6) is 11.5 Å². The molecule has 2 aliphatic rings. The minimum absolute atomic E-state index is 0. The second-order valence-corrected chi connectivity index (χ2v) is 8.01. The minimum Gasteiger partial charge on any atom is -0.504 e. The maximum absolute atomic E-state index is 10.0. The van der Waals surface area contributed by atoms with E-state index in [0.717, 1.165) is 50.9 Å². The fourth-order valence-electron chi connectivity index (χ4n) is 4.37. The lowest BCUT2D eigenvalue weighted by Gasteiger charge is -2.36.